The molecule has 3 aliphatic carbocycles. The van der Waals surface area contributed by atoms with Crippen molar-refractivity contribution < 1.29 is 76.9 Å². The summed E-state index contributed by atoms with van der Waals surface area (Å²) in [6, 6.07) is 0. The number of carbonyl (C=O) groups is 6. The zero-order valence-corrected chi connectivity index (χ0v) is 33.4. The first-order valence-electron chi connectivity index (χ1n) is 20.5. The molecule has 16 nitrogen and oxygen atoms in total. The summed E-state index contributed by atoms with van der Waals surface area (Å²) in [6.45, 7) is 4.19. The fourth-order valence-corrected chi connectivity index (χ4v) is 8.40. The van der Waals surface area contributed by atoms with Crippen LogP contribution in [0.2, 0.25) is 0 Å². The quantitative estimate of drug-likeness (QED) is 0.0876. The van der Waals surface area contributed by atoms with Gasteiger partial charge in [0.1, 0.15) is 22.3 Å². The summed E-state index contributed by atoms with van der Waals surface area (Å²) in [6.07, 6.45) is 20.0. The first-order chi connectivity index (χ1) is 28.7. The SMILES string of the molecule is CCC1CCC2(CC1)OC(=O)C(=CC=CC=CC1=C(O)OC3(CCC4(CC3)OC(=O)C(/C=C/C=C/C=C3C(=O)OC5(CCC(CC)CC5)OC3=O)=C(O)O4)OC1=O)C(=O)O2. The van der Waals surface area contributed by atoms with Crippen molar-refractivity contribution in [3.63, 3.8) is 0 Å². The molecule has 320 valence electrons. The van der Waals surface area contributed by atoms with Crippen LogP contribution in [0.5, 0.6) is 0 Å². The molecule has 16 heteroatoms. The van der Waals surface area contributed by atoms with Crippen LogP contribution in [0.15, 0.2) is 94.9 Å². The van der Waals surface area contributed by atoms with Gasteiger partial charge in [-0.15, -0.1) is 0 Å². The summed E-state index contributed by atoms with van der Waals surface area (Å²) in [5, 5.41) is 21.3. The first kappa shape index (κ1) is 42.1. The number of ether oxygens (including phenoxy) is 8. The lowest BCUT2D eigenvalue weighted by atomic mass is 9.83. The van der Waals surface area contributed by atoms with E-state index in [4.69, 9.17) is 37.9 Å². The largest absolute Gasteiger partial charge is 0.480 e. The number of aliphatic hydroxyl groups excluding tert-OH is 2. The minimum absolute atomic E-state index is 0.0751. The van der Waals surface area contributed by atoms with E-state index in [1.807, 2.05) is 0 Å². The van der Waals surface area contributed by atoms with Gasteiger partial charge in [-0.1, -0.05) is 63.1 Å². The molecule has 0 atom stereocenters. The molecule has 5 fully saturated rings. The Morgan fingerprint density at radius 1 is 0.433 bits per heavy atom. The fourth-order valence-electron chi connectivity index (χ4n) is 8.40. The zero-order valence-electron chi connectivity index (χ0n) is 33.4. The first-order valence-corrected chi connectivity index (χ1v) is 20.5. The maximum Gasteiger partial charge on any atom is 0.348 e. The normalized spacial score (nSPS) is 33.7. The Kier molecular flexibility index (Phi) is 11.8. The molecule has 0 bridgehead atoms. The van der Waals surface area contributed by atoms with Gasteiger partial charge in [-0.2, -0.15) is 0 Å². The van der Waals surface area contributed by atoms with Crippen LogP contribution in [0.4, 0.5) is 0 Å². The van der Waals surface area contributed by atoms with Gasteiger partial charge < -0.3 is 48.1 Å². The topological polar surface area (TPSA) is 217 Å². The van der Waals surface area contributed by atoms with E-state index in [9.17, 15) is 39.0 Å². The van der Waals surface area contributed by atoms with E-state index < -0.39 is 70.9 Å². The van der Waals surface area contributed by atoms with Crippen molar-refractivity contribution in [1.82, 2.24) is 0 Å². The van der Waals surface area contributed by atoms with E-state index in [1.165, 1.54) is 60.8 Å². The van der Waals surface area contributed by atoms with Gasteiger partial charge in [-0.3, -0.25) is 0 Å². The number of hydrogen-bond donors (Lipinski definition) is 2. The molecule has 0 aromatic carbocycles. The summed E-state index contributed by atoms with van der Waals surface area (Å²) >= 11 is 0. The molecular formula is C44H48O16. The van der Waals surface area contributed by atoms with Crippen molar-refractivity contribution in [2.75, 3.05) is 0 Å². The summed E-state index contributed by atoms with van der Waals surface area (Å²) < 4.78 is 44.6. The van der Waals surface area contributed by atoms with Gasteiger partial charge in [0.15, 0.2) is 0 Å². The molecule has 3 saturated carbocycles. The molecule has 0 unspecified atom stereocenters. The van der Waals surface area contributed by atoms with Crippen molar-refractivity contribution in [3.8, 4) is 0 Å². The maximum atomic E-state index is 13.0. The zero-order chi connectivity index (χ0) is 42.7. The molecule has 0 aromatic heterocycles. The highest BCUT2D eigenvalue weighted by Crippen LogP contribution is 2.47. The third-order valence-electron chi connectivity index (χ3n) is 12.2. The molecule has 7 aliphatic rings. The third-order valence-corrected chi connectivity index (χ3v) is 12.2. The molecule has 0 aromatic rings. The van der Waals surface area contributed by atoms with Gasteiger partial charge in [0.25, 0.3) is 35.0 Å². The Morgan fingerprint density at radius 2 is 0.733 bits per heavy atom. The van der Waals surface area contributed by atoms with Crippen LogP contribution in [0, 0.1) is 11.8 Å². The Bertz CT molecular complexity index is 1860. The Morgan fingerprint density at radius 3 is 1.03 bits per heavy atom. The number of carbonyl (C=O) groups excluding carboxylic acids is 6. The molecule has 4 spiro atoms. The lowest BCUT2D eigenvalue weighted by Crippen LogP contribution is -2.53. The standard InChI is InChI=1S/C44H48O16/c1-3-27-15-19-41(20-16-27)53-33(45)29(34(46)54-41)11-7-5-9-13-31-37(49)57-43(58-38(31)50)23-25-44(26-24-43)59-39(51)32(40(52)60-44)14-10-6-8-12-30-35(47)55-42(56-36(30)48)21-17-28(4-2)18-22-42/h5-14,27-28,49,51H,3-4,15-26H2,1-2H3/b7-5+,8-6?,13-9+,14-10?,29-11?,30-12?. The number of esters is 6. The van der Waals surface area contributed by atoms with Crippen molar-refractivity contribution >= 4 is 35.8 Å². The highest BCUT2D eigenvalue weighted by atomic mass is 16.8. The summed E-state index contributed by atoms with van der Waals surface area (Å²) in [5.41, 5.74) is -1.13. The summed E-state index contributed by atoms with van der Waals surface area (Å²) in [4.78, 5) is 76.5. The molecule has 4 aliphatic heterocycles. The molecule has 2 saturated heterocycles. The van der Waals surface area contributed by atoms with Crippen molar-refractivity contribution in [1.29, 1.82) is 0 Å². The van der Waals surface area contributed by atoms with Crippen molar-refractivity contribution in [2.24, 2.45) is 11.8 Å². The average Bonchev–Trinajstić information content (AvgIpc) is 3.20. The number of allylic oxidation sites excluding steroid dienone is 8. The molecule has 7 rings (SSSR count). The molecule has 60 heavy (non-hydrogen) atoms. The van der Waals surface area contributed by atoms with E-state index >= 15 is 0 Å². The van der Waals surface area contributed by atoms with Crippen LogP contribution in [0.1, 0.15) is 104 Å². The summed E-state index contributed by atoms with van der Waals surface area (Å²) in [7, 11) is 0. The monoisotopic (exact) mass is 832 g/mol. The van der Waals surface area contributed by atoms with Crippen LogP contribution in [-0.4, -0.2) is 69.2 Å². The van der Waals surface area contributed by atoms with Gasteiger partial charge >= 0.3 is 35.8 Å². The second kappa shape index (κ2) is 16.9. The fraction of sp³-hybridized carbons (Fsp3) is 0.500. The van der Waals surface area contributed by atoms with Crippen molar-refractivity contribution in [3.05, 3.63) is 94.9 Å². The van der Waals surface area contributed by atoms with Gasteiger partial charge in [-0.05, 0) is 61.8 Å². The van der Waals surface area contributed by atoms with Gasteiger partial charge in [0, 0.05) is 51.4 Å². The van der Waals surface area contributed by atoms with Crippen LogP contribution < -0.4 is 0 Å². The lowest BCUT2D eigenvalue weighted by Gasteiger charge is -2.46. The lowest BCUT2D eigenvalue weighted by molar-refractivity contribution is -0.302. The van der Waals surface area contributed by atoms with Crippen LogP contribution in [0.3, 0.4) is 0 Å². The third kappa shape index (κ3) is 8.77. The van der Waals surface area contributed by atoms with Gasteiger partial charge in [0.05, 0.1) is 0 Å². The number of rotatable bonds is 8. The smallest absolute Gasteiger partial charge is 0.348 e. The van der Waals surface area contributed by atoms with E-state index in [0.717, 1.165) is 38.5 Å². The molecular weight excluding hydrogens is 784 g/mol. The molecule has 0 radical (unpaired) electrons. The number of aliphatic hydroxyl groups is 2. The predicted octanol–water partition coefficient (Wildman–Crippen LogP) is 6.51. The second-order valence-electron chi connectivity index (χ2n) is 16.0. The second-order valence-corrected chi connectivity index (χ2v) is 16.0. The Labute approximate surface area is 345 Å². The Balaban J connectivity index is 0.897. The minimum Gasteiger partial charge on any atom is -0.480 e. The van der Waals surface area contributed by atoms with Crippen LogP contribution in [0.25, 0.3) is 0 Å². The average molecular weight is 833 g/mol. The summed E-state index contributed by atoms with van der Waals surface area (Å²) in [5.74, 6) is -10.9. The van der Waals surface area contributed by atoms with Crippen LogP contribution in [-0.2, 0) is 66.7 Å². The highest BCUT2D eigenvalue weighted by molar-refractivity contribution is 6.16. The van der Waals surface area contributed by atoms with Crippen LogP contribution >= 0.6 is 0 Å². The van der Waals surface area contributed by atoms with E-state index in [0.29, 0.717) is 37.5 Å². The van der Waals surface area contributed by atoms with Gasteiger partial charge in [-0.25, -0.2) is 28.8 Å². The molecule has 4 heterocycles. The van der Waals surface area contributed by atoms with Gasteiger partial charge in [0.2, 0.25) is 0 Å². The molecule has 0 amide bonds. The molecule has 2 N–H and O–H groups in total. The van der Waals surface area contributed by atoms with E-state index in [2.05, 4.69) is 13.8 Å². The highest BCUT2D eigenvalue weighted by Gasteiger charge is 2.55. The van der Waals surface area contributed by atoms with E-state index in [-0.39, 0.29) is 48.0 Å². The predicted molar refractivity (Wildman–Crippen MR) is 205 cm³/mol. The van der Waals surface area contributed by atoms with Crippen molar-refractivity contribution in [2.45, 2.75) is 127 Å². The minimum atomic E-state index is -1.60. The number of hydrogen-bond acceptors (Lipinski definition) is 16. The van der Waals surface area contributed by atoms with E-state index in [1.54, 1.807) is 0 Å². The Hall–Kier alpha value is -6.06. The maximum absolute atomic E-state index is 13.0.